The average molecular weight is 374 g/mol. The molecule has 1 aromatic carbocycles. The molecule has 148 valence electrons. The van der Waals surface area contributed by atoms with Crippen LogP contribution in [0.5, 0.6) is 0 Å². The van der Waals surface area contributed by atoms with Crippen molar-refractivity contribution in [1.82, 2.24) is 26.6 Å². The summed E-state index contributed by atoms with van der Waals surface area (Å²) in [5.74, 6) is 0.685. The first kappa shape index (κ1) is 18.8. The molecule has 7 nitrogen and oxygen atoms in total. The SMILES string of the molecule is O=C(O)C1NNCC1CN1CCC(C2NNCC2Cc2ccccc2)CC1. The lowest BCUT2D eigenvalue weighted by atomic mass is 9.80. The molecule has 0 bridgehead atoms. The highest BCUT2D eigenvalue weighted by molar-refractivity contribution is 5.74. The molecule has 3 aliphatic rings. The number of carboxylic acids is 1. The second-order valence-corrected chi connectivity index (χ2v) is 8.24. The van der Waals surface area contributed by atoms with Crippen LogP contribution in [-0.2, 0) is 11.2 Å². The lowest BCUT2D eigenvalue weighted by Crippen LogP contribution is -2.47. The van der Waals surface area contributed by atoms with Gasteiger partial charge < -0.3 is 10.0 Å². The number of aliphatic carboxylic acids is 1. The zero-order valence-electron chi connectivity index (χ0n) is 15.7. The van der Waals surface area contributed by atoms with Gasteiger partial charge in [0.1, 0.15) is 6.04 Å². The van der Waals surface area contributed by atoms with Gasteiger partial charge in [0.2, 0.25) is 0 Å². The van der Waals surface area contributed by atoms with Crippen molar-refractivity contribution in [2.75, 3.05) is 32.7 Å². The second-order valence-electron chi connectivity index (χ2n) is 8.24. The zero-order chi connectivity index (χ0) is 18.6. The Balaban J connectivity index is 1.28. The van der Waals surface area contributed by atoms with Crippen LogP contribution >= 0.6 is 0 Å². The first-order chi connectivity index (χ1) is 13.2. The van der Waals surface area contributed by atoms with Crippen molar-refractivity contribution < 1.29 is 9.90 Å². The molecule has 0 aromatic heterocycles. The maximum atomic E-state index is 11.3. The molecular formula is C20H31N5O2. The van der Waals surface area contributed by atoms with E-state index in [1.807, 2.05) is 0 Å². The van der Waals surface area contributed by atoms with Crippen LogP contribution in [0.25, 0.3) is 0 Å². The lowest BCUT2D eigenvalue weighted by molar-refractivity contribution is -0.140. The van der Waals surface area contributed by atoms with Gasteiger partial charge in [-0.05, 0) is 49.8 Å². The van der Waals surface area contributed by atoms with Crippen LogP contribution in [0.1, 0.15) is 18.4 Å². The van der Waals surface area contributed by atoms with E-state index in [2.05, 4.69) is 56.9 Å². The third-order valence-corrected chi connectivity index (χ3v) is 6.47. The van der Waals surface area contributed by atoms with E-state index in [0.29, 0.717) is 17.9 Å². The molecule has 3 saturated heterocycles. The molecule has 4 rings (SSSR count). The van der Waals surface area contributed by atoms with Crippen molar-refractivity contribution in [3.8, 4) is 0 Å². The fourth-order valence-electron chi connectivity index (χ4n) is 4.97. The number of likely N-dealkylation sites (tertiary alicyclic amines) is 1. The molecule has 3 fully saturated rings. The van der Waals surface area contributed by atoms with Gasteiger partial charge in [-0.1, -0.05) is 30.3 Å². The largest absolute Gasteiger partial charge is 0.480 e. The number of hydrogen-bond donors (Lipinski definition) is 5. The van der Waals surface area contributed by atoms with E-state index >= 15 is 0 Å². The number of carboxylic acid groups (broad SMARTS) is 1. The lowest BCUT2D eigenvalue weighted by Gasteiger charge is -2.37. The van der Waals surface area contributed by atoms with Crippen LogP contribution in [0.15, 0.2) is 30.3 Å². The number of carbonyl (C=O) groups is 1. The van der Waals surface area contributed by atoms with Crippen LogP contribution < -0.4 is 21.7 Å². The van der Waals surface area contributed by atoms with Gasteiger partial charge in [0.15, 0.2) is 0 Å². The van der Waals surface area contributed by atoms with Gasteiger partial charge in [0.25, 0.3) is 0 Å². The molecule has 0 radical (unpaired) electrons. The van der Waals surface area contributed by atoms with Crippen LogP contribution in [-0.4, -0.2) is 60.8 Å². The highest BCUT2D eigenvalue weighted by Crippen LogP contribution is 2.29. The minimum atomic E-state index is -0.759. The molecule has 0 aliphatic carbocycles. The number of hydrazine groups is 2. The second kappa shape index (κ2) is 8.67. The van der Waals surface area contributed by atoms with Crippen molar-refractivity contribution in [3.05, 3.63) is 35.9 Å². The number of nitrogens with zero attached hydrogens (tertiary/aromatic N) is 1. The molecule has 27 heavy (non-hydrogen) atoms. The van der Waals surface area contributed by atoms with E-state index in [1.165, 1.54) is 18.4 Å². The van der Waals surface area contributed by atoms with Gasteiger partial charge in [-0.3, -0.25) is 21.1 Å². The van der Waals surface area contributed by atoms with E-state index in [4.69, 9.17) is 0 Å². The Hall–Kier alpha value is -1.51. The van der Waals surface area contributed by atoms with E-state index in [-0.39, 0.29) is 5.92 Å². The summed E-state index contributed by atoms with van der Waals surface area (Å²) in [4.78, 5) is 13.8. The Morgan fingerprint density at radius 2 is 1.74 bits per heavy atom. The van der Waals surface area contributed by atoms with Crippen molar-refractivity contribution in [2.45, 2.75) is 31.3 Å². The monoisotopic (exact) mass is 373 g/mol. The molecule has 5 N–H and O–H groups in total. The third kappa shape index (κ3) is 4.50. The number of piperidine rings is 1. The topological polar surface area (TPSA) is 88.7 Å². The van der Waals surface area contributed by atoms with E-state index in [9.17, 15) is 9.90 Å². The van der Waals surface area contributed by atoms with Gasteiger partial charge in [-0.15, -0.1) is 0 Å². The number of nitrogens with one attached hydrogen (secondary N) is 4. The number of hydrogen-bond acceptors (Lipinski definition) is 6. The first-order valence-electron chi connectivity index (χ1n) is 10.2. The quantitative estimate of drug-likeness (QED) is 0.487. The Morgan fingerprint density at radius 1 is 1.04 bits per heavy atom. The Morgan fingerprint density at radius 3 is 2.48 bits per heavy atom. The fourth-order valence-corrected chi connectivity index (χ4v) is 4.97. The summed E-state index contributed by atoms with van der Waals surface area (Å²) in [5, 5.41) is 9.31. The maximum absolute atomic E-state index is 11.3. The molecule has 4 atom stereocenters. The minimum absolute atomic E-state index is 0.135. The highest BCUT2D eigenvalue weighted by atomic mass is 16.4. The summed E-state index contributed by atoms with van der Waals surface area (Å²) < 4.78 is 0. The van der Waals surface area contributed by atoms with Crippen LogP contribution in [0.4, 0.5) is 0 Å². The predicted octanol–water partition coefficient (Wildman–Crippen LogP) is 0.211. The molecule has 0 saturated carbocycles. The van der Waals surface area contributed by atoms with Crippen molar-refractivity contribution >= 4 is 5.97 Å². The first-order valence-corrected chi connectivity index (χ1v) is 10.2. The minimum Gasteiger partial charge on any atom is -0.480 e. The Labute approximate surface area is 160 Å². The predicted molar refractivity (Wildman–Crippen MR) is 104 cm³/mol. The molecule has 4 unspecified atom stereocenters. The van der Waals surface area contributed by atoms with Crippen molar-refractivity contribution in [1.29, 1.82) is 0 Å². The van der Waals surface area contributed by atoms with Gasteiger partial charge >= 0.3 is 5.97 Å². The highest BCUT2D eigenvalue weighted by Gasteiger charge is 2.37. The molecule has 1 aromatic rings. The molecule has 3 heterocycles. The van der Waals surface area contributed by atoms with Crippen LogP contribution in [0.3, 0.4) is 0 Å². The van der Waals surface area contributed by atoms with Crippen molar-refractivity contribution in [2.24, 2.45) is 17.8 Å². The van der Waals surface area contributed by atoms with Gasteiger partial charge in [-0.2, -0.15) is 0 Å². The maximum Gasteiger partial charge on any atom is 0.322 e. The normalized spacial score (nSPS) is 32.7. The molecular weight excluding hydrogens is 342 g/mol. The van der Waals surface area contributed by atoms with E-state index in [1.54, 1.807) is 0 Å². The van der Waals surface area contributed by atoms with Crippen LogP contribution in [0, 0.1) is 17.8 Å². The van der Waals surface area contributed by atoms with E-state index in [0.717, 1.165) is 39.1 Å². The van der Waals surface area contributed by atoms with Gasteiger partial charge in [0.05, 0.1) is 0 Å². The number of benzene rings is 1. The van der Waals surface area contributed by atoms with Crippen LogP contribution in [0.2, 0.25) is 0 Å². The van der Waals surface area contributed by atoms with Gasteiger partial charge in [-0.25, -0.2) is 5.43 Å². The molecule has 3 aliphatic heterocycles. The van der Waals surface area contributed by atoms with E-state index < -0.39 is 12.0 Å². The summed E-state index contributed by atoms with van der Waals surface area (Å²) in [6.45, 7) is 4.73. The Kier molecular flexibility index (Phi) is 6.04. The number of rotatable bonds is 6. The average Bonchev–Trinajstić information content (AvgIpc) is 3.33. The molecule has 0 spiro atoms. The summed E-state index contributed by atoms with van der Waals surface area (Å²) in [6, 6.07) is 10.8. The summed E-state index contributed by atoms with van der Waals surface area (Å²) in [6.07, 6.45) is 3.47. The Bertz CT molecular complexity index is 620. The van der Waals surface area contributed by atoms with Crippen molar-refractivity contribution in [3.63, 3.8) is 0 Å². The summed E-state index contributed by atoms with van der Waals surface area (Å²) in [5.41, 5.74) is 14.2. The smallest absolute Gasteiger partial charge is 0.322 e. The van der Waals surface area contributed by atoms with Gasteiger partial charge in [0, 0.05) is 31.6 Å². The zero-order valence-corrected chi connectivity index (χ0v) is 15.7. The molecule has 0 amide bonds. The summed E-state index contributed by atoms with van der Waals surface area (Å²) >= 11 is 0. The third-order valence-electron chi connectivity index (χ3n) is 6.47. The fraction of sp³-hybridized carbons (Fsp3) is 0.650. The molecule has 7 heteroatoms. The summed E-state index contributed by atoms with van der Waals surface area (Å²) in [7, 11) is 0. The standard InChI is InChI=1S/C20H31N5O2/c26-20(27)19-17(12-22-24-19)13-25-8-6-15(7-9-25)18-16(11-21-23-18)10-14-4-2-1-3-5-14/h1-5,15-19,21-24H,6-13H2,(H,26,27).